The predicted octanol–water partition coefficient (Wildman–Crippen LogP) is 17.5. The number of rotatable bonds is 9. The van der Waals surface area contributed by atoms with E-state index in [4.69, 9.17) is 16.7 Å². The number of nitrogens with two attached hydrogens (primary N) is 2. The van der Waals surface area contributed by atoms with Crippen molar-refractivity contribution in [3.05, 3.63) is 258 Å². The number of pyridine rings is 3. The van der Waals surface area contributed by atoms with Gasteiger partial charge in [-0.05, 0) is 147 Å². The van der Waals surface area contributed by atoms with E-state index in [1.807, 2.05) is 109 Å². The molecule has 13 aromatic rings. The first-order valence-electron chi connectivity index (χ1n) is 25.3. The first-order chi connectivity index (χ1) is 39.8. The van der Waals surface area contributed by atoms with Gasteiger partial charge in [-0.1, -0.05) is 159 Å². The van der Waals surface area contributed by atoms with Gasteiger partial charge in [-0.25, -0.2) is 38.1 Å². The number of nitrogens with zero attached hydrogens (tertiary/aromatic N) is 7. The Morgan fingerprint density at radius 3 is 1.36 bits per heavy atom. The van der Waals surface area contributed by atoms with Crippen molar-refractivity contribution >= 4 is 98.4 Å². The first kappa shape index (κ1) is 65.3. The lowest BCUT2D eigenvalue weighted by molar-refractivity contribution is 0.0987. The number of nitrogens with one attached hydrogen (secondary N) is 1. The summed E-state index contributed by atoms with van der Waals surface area (Å²) in [6.45, 7) is 0.616. The lowest BCUT2D eigenvalue weighted by Crippen LogP contribution is -2.13. The fourth-order valence-corrected chi connectivity index (χ4v) is 9.91. The van der Waals surface area contributed by atoms with Crippen LogP contribution >= 0.6 is 31.9 Å². The fraction of sp³-hybridized carbons (Fsp3) is 0.101. The second-order valence-corrected chi connectivity index (χ2v) is 19.8. The number of hydrogen-bond acceptors (Lipinski definition) is 8. The lowest BCUT2D eigenvalue weighted by Gasteiger charge is -2.11. The van der Waals surface area contributed by atoms with Crippen molar-refractivity contribution in [3.8, 4) is 39.4 Å². The summed E-state index contributed by atoms with van der Waals surface area (Å²) in [5, 5.41) is 13.3. The van der Waals surface area contributed by atoms with Crippen molar-refractivity contribution in [1.82, 2.24) is 34.5 Å². The topological polar surface area (TPSA) is 195 Å². The number of carbonyl (C=O) groups is 2. The molecule has 434 valence electrons. The Bertz CT molecular complexity index is 4500. The number of carbonyl (C=O) groups excluding carboxylic acids is 2. The molecule has 86 heavy (non-hydrogen) atoms. The van der Waals surface area contributed by atoms with Crippen LogP contribution in [0.4, 0.5) is 13.2 Å². The number of nitriles is 1. The van der Waals surface area contributed by atoms with Crippen molar-refractivity contribution in [3.63, 3.8) is 0 Å². The highest BCUT2D eigenvalue weighted by atomic mass is 79.9. The van der Waals surface area contributed by atoms with E-state index >= 15 is 0 Å². The number of primary amides is 2. The molecule has 0 fully saturated rings. The Morgan fingerprint density at radius 2 is 0.907 bits per heavy atom. The number of H-pyrrole nitrogens is 1. The van der Waals surface area contributed by atoms with Crippen LogP contribution in [-0.2, 0) is 17.2 Å². The zero-order valence-corrected chi connectivity index (χ0v) is 46.4. The van der Waals surface area contributed by atoms with E-state index in [-0.39, 0.29) is 58.5 Å². The van der Waals surface area contributed by atoms with Crippen LogP contribution in [0.25, 0.3) is 88.2 Å². The highest BCUT2D eigenvalue weighted by Crippen LogP contribution is 2.33. The molecule has 12 nitrogen and oxygen atoms in total. The number of imidazole rings is 2. The van der Waals surface area contributed by atoms with E-state index in [0.29, 0.717) is 28.6 Å². The molecule has 0 aliphatic rings. The van der Waals surface area contributed by atoms with E-state index in [9.17, 15) is 22.8 Å². The maximum Gasteiger partial charge on any atom is 0.267 e. The Balaban J connectivity index is 0.000000191. The quantitative estimate of drug-likeness (QED) is 0.119. The Hall–Kier alpha value is -9.89. The molecule has 2 amide bonds. The van der Waals surface area contributed by atoms with Crippen LogP contribution in [0.5, 0.6) is 0 Å². The third-order valence-electron chi connectivity index (χ3n) is 13.2. The summed E-state index contributed by atoms with van der Waals surface area (Å²) in [7, 11) is 0. The molecule has 0 aliphatic heterocycles. The van der Waals surface area contributed by atoms with Crippen LogP contribution in [0.15, 0.2) is 207 Å². The van der Waals surface area contributed by atoms with Crippen LogP contribution in [0, 0.1) is 28.8 Å². The fourth-order valence-electron chi connectivity index (χ4n) is 9.21. The molecule has 0 radical (unpaired) electrons. The molecular weight excluding hydrogens is 1220 g/mol. The Kier molecular flexibility index (Phi) is 22.4. The third-order valence-corrected chi connectivity index (χ3v) is 14.5. The molecule has 5 heterocycles. The normalized spacial score (nSPS) is 10.3. The van der Waals surface area contributed by atoms with Gasteiger partial charge in [-0.3, -0.25) is 9.59 Å². The van der Waals surface area contributed by atoms with Crippen molar-refractivity contribution in [1.29, 1.82) is 5.26 Å². The van der Waals surface area contributed by atoms with Crippen molar-refractivity contribution in [2.24, 2.45) is 11.5 Å². The molecule has 5 N–H and O–H groups in total. The van der Waals surface area contributed by atoms with Gasteiger partial charge in [0.15, 0.2) is 0 Å². The van der Waals surface area contributed by atoms with E-state index in [1.165, 1.54) is 36.4 Å². The second kappa shape index (κ2) is 29.6. The van der Waals surface area contributed by atoms with Crippen molar-refractivity contribution in [2.45, 2.75) is 46.9 Å². The molecule has 8 aromatic carbocycles. The summed E-state index contributed by atoms with van der Waals surface area (Å²) in [5.74, 6) is -2.10. The summed E-state index contributed by atoms with van der Waals surface area (Å²) in [4.78, 5) is 48.0. The number of para-hydroxylation sites is 4. The number of hydrogen-bond donors (Lipinski definition) is 3. The van der Waals surface area contributed by atoms with Crippen LogP contribution in [-0.4, -0.2) is 46.3 Å². The van der Waals surface area contributed by atoms with Crippen molar-refractivity contribution in [2.75, 3.05) is 0 Å². The molecular formula is C69H61Br2F3N10O2. The van der Waals surface area contributed by atoms with E-state index in [1.54, 1.807) is 60.9 Å². The molecule has 5 aromatic heterocycles. The highest BCUT2D eigenvalue weighted by Gasteiger charge is 2.15. The minimum atomic E-state index is -0.605. The minimum Gasteiger partial charge on any atom is -0.364 e. The third kappa shape index (κ3) is 15.1. The zero-order chi connectivity index (χ0) is 57.3. The molecule has 0 aliphatic carbocycles. The van der Waals surface area contributed by atoms with Gasteiger partial charge in [0.05, 0.1) is 51.3 Å². The summed E-state index contributed by atoms with van der Waals surface area (Å²) in [5.41, 5.74) is 25.9. The molecule has 13 rings (SSSR count). The van der Waals surface area contributed by atoms with Gasteiger partial charge in [0.1, 0.15) is 40.6 Å². The Labute approximate surface area is 513 Å². The van der Waals surface area contributed by atoms with Gasteiger partial charge in [0, 0.05) is 33.4 Å². The largest absolute Gasteiger partial charge is 0.364 e. The average Bonchev–Trinajstić information content (AvgIpc) is 1.59. The minimum absolute atomic E-state index is 0. The second-order valence-electron chi connectivity index (χ2n) is 18.6. The maximum atomic E-state index is 13.4. The average molecular weight is 1280 g/mol. The molecule has 0 bridgehead atoms. The summed E-state index contributed by atoms with van der Waals surface area (Å²) in [6.07, 6.45) is 3.51. The Morgan fingerprint density at radius 1 is 0.488 bits per heavy atom. The van der Waals surface area contributed by atoms with Crippen LogP contribution < -0.4 is 11.5 Å². The number of benzene rings is 8. The molecule has 0 unspecified atom stereocenters. The van der Waals surface area contributed by atoms with Crippen LogP contribution in [0.1, 0.15) is 73.1 Å². The van der Waals surface area contributed by atoms with E-state index in [0.717, 1.165) is 99.1 Å². The summed E-state index contributed by atoms with van der Waals surface area (Å²) < 4.78 is 41.7. The standard InChI is InChI=1S/C24H17FN4O.C17H12BrFN2O.C17H10BrFN2.C7H6N2.4CH4/c25-17-8-6-16(7-9-17)19-12-22(24(26)30)28-21-11-15(5-10-18(19)21)13-29-14-27-20-3-1-2-4-23(20)29;18-9-10-1-6-13-14(11-2-4-12(19)5-3-11)8-16(17(20)22)21-15(13)7-10;18-9-11-1-6-15-16(12-2-4-13(19)5-3-12)8-14(10-20)21-17(15)7-11;1-2-4-7-6(3-1)8-5-9-7;;;;/h1-12,14H,13H2,(H2,26,30);1-8H,9H2,(H2,20,22);1-8H,9H2;1-5H,(H,8,9);4*1H4. The predicted molar refractivity (Wildman–Crippen MR) is 350 cm³/mol. The SMILES string of the molecule is C.C.C.C.N#Cc1cc(-c2ccc(F)cc2)c2ccc(CBr)cc2n1.NC(=O)c1cc(-c2ccc(F)cc2)c2ccc(CBr)cc2n1.NC(=O)c1cc(-c2ccc(F)cc2)c2ccc(Cn3cnc4ccccc43)cc2n1.c1ccc2[nH]cnc2c1. The maximum absolute atomic E-state index is 13.4. The zero-order valence-electron chi connectivity index (χ0n) is 43.2. The van der Waals surface area contributed by atoms with Gasteiger partial charge in [-0.15, -0.1) is 0 Å². The van der Waals surface area contributed by atoms with Gasteiger partial charge in [0.2, 0.25) is 0 Å². The van der Waals surface area contributed by atoms with Crippen LogP contribution in [0.2, 0.25) is 0 Å². The first-order valence-corrected chi connectivity index (χ1v) is 27.6. The van der Waals surface area contributed by atoms with Crippen molar-refractivity contribution < 1.29 is 22.8 Å². The number of amides is 2. The molecule has 0 saturated heterocycles. The van der Waals surface area contributed by atoms with Gasteiger partial charge in [-0.2, -0.15) is 5.26 Å². The number of halogens is 5. The number of aromatic nitrogens is 7. The highest BCUT2D eigenvalue weighted by molar-refractivity contribution is 9.08. The summed E-state index contributed by atoms with van der Waals surface area (Å²) in [6, 6.07) is 59.3. The van der Waals surface area contributed by atoms with Gasteiger partial charge < -0.3 is 21.0 Å². The molecule has 17 heteroatoms. The van der Waals surface area contributed by atoms with E-state index in [2.05, 4.69) is 72.4 Å². The number of alkyl halides is 2. The smallest absolute Gasteiger partial charge is 0.267 e. The molecule has 0 saturated carbocycles. The molecule has 0 spiro atoms. The molecule has 0 atom stereocenters. The van der Waals surface area contributed by atoms with Gasteiger partial charge in [0.25, 0.3) is 11.8 Å². The van der Waals surface area contributed by atoms with E-state index < -0.39 is 11.8 Å². The monoisotopic (exact) mass is 1280 g/mol. The summed E-state index contributed by atoms with van der Waals surface area (Å²) >= 11 is 6.82. The van der Waals surface area contributed by atoms with Gasteiger partial charge >= 0.3 is 0 Å². The van der Waals surface area contributed by atoms with Crippen LogP contribution in [0.3, 0.4) is 0 Å². The lowest BCUT2D eigenvalue weighted by atomic mass is 9.98. The number of aromatic amines is 1. The number of fused-ring (bicyclic) bond motifs is 5.